The second-order valence-electron chi connectivity index (χ2n) is 3.77. The van der Waals surface area contributed by atoms with Crippen molar-refractivity contribution in [2.75, 3.05) is 33.8 Å². The van der Waals surface area contributed by atoms with Crippen molar-refractivity contribution >= 4 is 11.9 Å². The van der Waals surface area contributed by atoms with Gasteiger partial charge in [-0.25, -0.2) is 4.79 Å². The highest BCUT2D eigenvalue weighted by molar-refractivity contribution is 5.92. The van der Waals surface area contributed by atoms with Gasteiger partial charge in [0.05, 0.1) is 7.11 Å². The molecule has 1 amide bonds. The minimum absolute atomic E-state index is 0.000571. The van der Waals surface area contributed by atoms with E-state index in [9.17, 15) is 9.59 Å². The van der Waals surface area contributed by atoms with E-state index in [2.05, 4.69) is 15.4 Å². The van der Waals surface area contributed by atoms with Crippen molar-refractivity contribution in [3.8, 4) is 5.75 Å². The SMILES string of the molecule is [2H]C([2H])([2H])NCCNC(=O)COc1ccc(C([2H])([2H])[2H])cc1C(=O)OC. The summed E-state index contributed by atoms with van der Waals surface area (Å²) in [5.74, 6) is -1.33. The van der Waals surface area contributed by atoms with E-state index >= 15 is 0 Å². The molecular weight excluding hydrogens is 260 g/mol. The molecule has 0 saturated heterocycles. The van der Waals surface area contributed by atoms with Gasteiger partial charge in [0.25, 0.3) is 5.91 Å². The summed E-state index contributed by atoms with van der Waals surface area (Å²) in [4.78, 5) is 23.5. The van der Waals surface area contributed by atoms with E-state index in [1.54, 1.807) is 0 Å². The quantitative estimate of drug-likeness (QED) is 0.564. The van der Waals surface area contributed by atoms with Crippen molar-refractivity contribution in [1.82, 2.24) is 10.6 Å². The predicted molar refractivity (Wildman–Crippen MR) is 74.9 cm³/mol. The monoisotopic (exact) mass is 286 g/mol. The smallest absolute Gasteiger partial charge is 0.341 e. The number of esters is 1. The maximum absolute atomic E-state index is 11.8. The average Bonchev–Trinajstić information content (AvgIpc) is 2.54. The van der Waals surface area contributed by atoms with Gasteiger partial charge in [-0.3, -0.25) is 4.79 Å². The Labute approximate surface area is 126 Å². The Hall–Kier alpha value is -2.08. The zero-order chi connectivity index (χ0) is 20.0. The molecule has 0 bridgehead atoms. The van der Waals surface area contributed by atoms with Crippen LogP contribution < -0.4 is 15.4 Å². The van der Waals surface area contributed by atoms with Gasteiger partial charge in [0.15, 0.2) is 6.61 Å². The summed E-state index contributed by atoms with van der Waals surface area (Å²) in [6.07, 6.45) is 0. The Morgan fingerprint density at radius 3 is 2.90 bits per heavy atom. The molecule has 2 N–H and O–H groups in total. The number of carbonyl (C=O) groups is 2. The van der Waals surface area contributed by atoms with E-state index in [1.165, 1.54) is 12.1 Å². The number of ether oxygens (including phenoxy) is 2. The third kappa shape index (κ3) is 4.89. The lowest BCUT2D eigenvalue weighted by Gasteiger charge is -2.11. The number of nitrogens with one attached hydrogen (secondary N) is 2. The van der Waals surface area contributed by atoms with Crippen LogP contribution >= 0.6 is 0 Å². The number of hydrogen-bond donors (Lipinski definition) is 2. The molecule has 0 aromatic heterocycles. The first-order valence-corrected chi connectivity index (χ1v) is 5.81. The average molecular weight is 286 g/mol. The predicted octanol–water partition coefficient (Wildman–Crippen LogP) is 0.496. The van der Waals surface area contributed by atoms with Gasteiger partial charge in [0.1, 0.15) is 11.3 Å². The summed E-state index contributed by atoms with van der Waals surface area (Å²) in [6.45, 7) is -5.02. The molecule has 6 heteroatoms. The van der Waals surface area contributed by atoms with Crippen molar-refractivity contribution < 1.29 is 27.3 Å². The fraction of sp³-hybridized carbons (Fsp3) is 0.429. The van der Waals surface area contributed by atoms with Crippen LogP contribution in [0.5, 0.6) is 5.75 Å². The molecule has 0 heterocycles. The normalized spacial score (nSPS) is 15.7. The van der Waals surface area contributed by atoms with Gasteiger partial charge in [-0.1, -0.05) is 11.6 Å². The second-order valence-corrected chi connectivity index (χ2v) is 3.77. The van der Waals surface area contributed by atoms with Gasteiger partial charge in [-0.15, -0.1) is 0 Å². The topological polar surface area (TPSA) is 76.7 Å². The van der Waals surface area contributed by atoms with Gasteiger partial charge < -0.3 is 20.1 Å². The molecule has 110 valence electrons. The zero-order valence-corrected chi connectivity index (χ0v) is 11.0. The van der Waals surface area contributed by atoms with E-state index in [0.29, 0.717) is 0 Å². The largest absolute Gasteiger partial charge is 0.483 e. The molecule has 0 radical (unpaired) electrons. The van der Waals surface area contributed by atoms with Crippen molar-refractivity contribution in [3.63, 3.8) is 0 Å². The third-order valence-electron chi connectivity index (χ3n) is 2.32. The molecule has 0 fully saturated rings. The molecule has 0 atom stereocenters. The second kappa shape index (κ2) is 8.16. The highest BCUT2D eigenvalue weighted by Gasteiger charge is 2.14. The van der Waals surface area contributed by atoms with E-state index in [1.807, 2.05) is 0 Å². The van der Waals surface area contributed by atoms with Crippen LogP contribution in [0.15, 0.2) is 18.2 Å². The summed E-state index contributed by atoms with van der Waals surface area (Å²) >= 11 is 0. The van der Waals surface area contributed by atoms with E-state index in [-0.39, 0.29) is 30.0 Å². The molecule has 1 rings (SSSR count). The van der Waals surface area contributed by atoms with Gasteiger partial charge in [-0.05, 0) is 26.0 Å². The number of carbonyl (C=O) groups excluding carboxylic acids is 2. The number of hydrogen-bond acceptors (Lipinski definition) is 5. The number of amides is 1. The summed E-state index contributed by atoms with van der Waals surface area (Å²) in [6, 6.07) is 3.68. The minimum Gasteiger partial charge on any atom is -0.483 e. The van der Waals surface area contributed by atoms with Crippen LogP contribution in [0, 0.1) is 6.85 Å². The molecular formula is C14H20N2O4. The Morgan fingerprint density at radius 2 is 2.20 bits per heavy atom. The maximum atomic E-state index is 11.8. The Balaban J connectivity index is 2.68. The van der Waals surface area contributed by atoms with Crippen LogP contribution in [-0.4, -0.2) is 45.7 Å². The highest BCUT2D eigenvalue weighted by atomic mass is 16.5. The van der Waals surface area contributed by atoms with E-state index < -0.39 is 32.3 Å². The lowest BCUT2D eigenvalue weighted by molar-refractivity contribution is -0.123. The highest BCUT2D eigenvalue weighted by Crippen LogP contribution is 2.20. The Kier molecular flexibility index (Phi) is 3.66. The van der Waals surface area contributed by atoms with Crippen molar-refractivity contribution in [1.29, 1.82) is 0 Å². The van der Waals surface area contributed by atoms with Crippen LogP contribution in [0.3, 0.4) is 0 Å². The van der Waals surface area contributed by atoms with Gasteiger partial charge in [0.2, 0.25) is 0 Å². The maximum Gasteiger partial charge on any atom is 0.341 e. The van der Waals surface area contributed by atoms with Crippen molar-refractivity contribution in [2.45, 2.75) is 6.85 Å². The lowest BCUT2D eigenvalue weighted by Crippen LogP contribution is -2.34. The number of methoxy groups -OCH3 is 1. The van der Waals surface area contributed by atoms with Crippen LogP contribution in [0.4, 0.5) is 0 Å². The Bertz CT molecular complexity index is 645. The Morgan fingerprint density at radius 1 is 1.35 bits per heavy atom. The van der Waals surface area contributed by atoms with Crippen LogP contribution in [0.2, 0.25) is 0 Å². The standard InChI is InChI=1S/C14H20N2O4/c1-10-4-5-12(11(8-10)14(18)19-3)20-9-13(17)16-7-6-15-2/h4-5,8,15H,6-7,9H2,1-3H3,(H,16,17)/i1D3,2D3. The number of aryl methyl sites for hydroxylation is 1. The molecule has 0 aliphatic carbocycles. The molecule has 1 aromatic rings. The molecule has 0 saturated carbocycles. The van der Waals surface area contributed by atoms with Crippen LogP contribution in [0.25, 0.3) is 0 Å². The summed E-state index contributed by atoms with van der Waals surface area (Å²) in [7, 11) is 1.14. The summed E-state index contributed by atoms with van der Waals surface area (Å²) in [5.41, 5.74) is -0.177. The first-order chi connectivity index (χ1) is 11.9. The molecule has 1 aromatic carbocycles. The minimum atomic E-state index is -2.41. The zero-order valence-electron chi connectivity index (χ0n) is 17.0. The fourth-order valence-electron chi connectivity index (χ4n) is 1.38. The molecule has 0 unspecified atom stereocenters. The van der Waals surface area contributed by atoms with E-state index in [4.69, 9.17) is 13.0 Å². The van der Waals surface area contributed by atoms with Gasteiger partial charge in [0, 0.05) is 21.3 Å². The number of rotatable bonds is 7. The molecule has 6 nitrogen and oxygen atoms in total. The summed E-state index contributed by atoms with van der Waals surface area (Å²) in [5, 5.41) is 4.67. The molecule has 0 aliphatic rings. The first kappa shape index (κ1) is 8.97. The lowest BCUT2D eigenvalue weighted by atomic mass is 10.1. The van der Waals surface area contributed by atoms with Crippen LogP contribution in [-0.2, 0) is 9.53 Å². The van der Waals surface area contributed by atoms with E-state index in [0.717, 1.165) is 13.2 Å². The number of benzene rings is 1. The molecule has 20 heavy (non-hydrogen) atoms. The van der Waals surface area contributed by atoms with Crippen molar-refractivity contribution in [3.05, 3.63) is 29.3 Å². The summed E-state index contributed by atoms with van der Waals surface area (Å²) < 4.78 is 52.9. The van der Waals surface area contributed by atoms with Crippen molar-refractivity contribution in [2.24, 2.45) is 0 Å². The molecule has 0 aliphatic heterocycles. The van der Waals surface area contributed by atoms with Gasteiger partial charge >= 0.3 is 5.97 Å². The van der Waals surface area contributed by atoms with Gasteiger partial charge in [-0.2, -0.15) is 0 Å². The molecule has 0 spiro atoms. The third-order valence-corrected chi connectivity index (χ3v) is 2.32. The number of likely N-dealkylation sites (N-methyl/N-ethyl adjacent to an activating group) is 1. The van der Waals surface area contributed by atoms with Crippen LogP contribution in [0.1, 0.15) is 24.1 Å². The first-order valence-electron chi connectivity index (χ1n) is 8.81. The fourth-order valence-corrected chi connectivity index (χ4v) is 1.38.